The summed E-state index contributed by atoms with van der Waals surface area (Å²) >= 11 is 0. The minimum atomic E-state index is -1.30. The van der Waals surface area contributed by atoms with Gasteiger partial charge in [0.05, 0.1) is 0 Å². The van der Waals surface area contributed by atoms with Gasteiger partial charge in [-0.2, -0.15) is 0 Å². The van der Waals surface area contributed by atoms with Crippen LogP contribution in [0.4, 0.5) is 0 Å². The summed E-state index contributed by atoms with van der Waals surface area (Å²) in [4.78, 5) is 11.7. The molecule has 0 spiro atoms. The summed E-state index contributed by atoms with van der Waals surface area (Å²) < 4.78 is 5.71. The van der Waals surface area contributed by atoms with E-state index in [1.807, 2.05) is 0 Å². The maximum Gasteiger partial charge on any atom is 0.304 e. The monoisotopic (exact) mass is 360 g/mol. The Balaban J connectivity index is 2.85. The summed E-state index contributed by atoms with van der Waals surface area (Å²) in [6.45, 7) is 15.1. The van der Waals surface area contributed by atoms with Crippen molar-refractivity contribution in [2.75, 3.05) is 0 Å². The maximum atomic E-state index is 11.7. The highest BCUT2D eigenvalue weighted by Gasteiger charge is 2.46. The summed E-state index contributed by atoms with van der Waals surface area (Å²) in [5.41, 5.74) is 2.96. The predicted molar refractivity (Wildman–Crippen MR) is 109 cm³/mol. The maximum absolute atomic E-state index is 11.7. The molecule has 0 saturated heterocycles. The van der Waals surface area contributed by atoms with Crippen molar-refractivity contribution in [1.29, 1.82) is 0 Å². The van der Waals surface area contributed by atoms with Crippen LogP contribution in [0.3, 0.4) is 0 Å². The number of hydrogen-bond donors (Lipinski definition) is 0. The molecule has 0 aromatic rings. The van der Waals surface area contributed by atoms with Gasteiger partial charge in [0.15, 0.2) is 5.60 Å². The van der Waals surface area contributed by atoms with Crippen molar-refractivity contribution in [1.82, 2.24) is 0 Å². The number of ether oxygens (including phenoxy) is 1. The molecule has 1 rings (SSSR count). The topological polar surface area (TPSA) is 26.3 Å². The lowest BCUT2D eigenvalue weighted by atomic mass is 9.62. The molecule has 0 aromatic carbocycles. The van der Waals surface area contributed by atoms with Crippen LogP contribution in [-0.2, 0) is 9.53 Å². The molecule has 1 aliphatic carbocycles. The zero-order valence-electron chi connectivity index (χ0n) is 17.3. The molecule has 3 atom stereocenters. The van der Waals surface area contributed by atoms with Crippen LogP contribution in [0, 0.1) is 41.1 Å². The van der Waals surface area contributed by atoms with Crippen LogP contribution in [0.1, 0.15) is 66.2 Å². The van der Waals surface area contributed by atoms with E-state index in [2.05, 4.69) is 57.8 Å². The summed E-state index contributed by atoms with van der Waals surface area (Å²) in [5, 5.41) is 0. The van der Waals surface area contributed by atoms with Crippen molar-refractivity contribution in [2.45, 2.75) is 91.5 Å². The van der Waals surface area contributed by atoms with Crippen molar-refractivity contribution in [3.8, 4) is 23.8 Å². The molecule has 0 aromatic heterocycles. The second-order valence-electron chi connectivity index (χ2n) is 9.61. The van der Waals surface area contributed by atoms with E-state index in [-0.39, 0.29) is 17.3 Å². The Hall–Kier alpha value is -1.19. The molecule has 2 nitrogen and oxygen atoms in total. The third kappa shape index (κ3) is 6.91. The van der Waals surface area contributed by atoms with Crippen LogP contribution in [0.25, 0.3) is 0 Å². The first-order valence-corrected chi connectivity index (χ1v) is 13.1. The molecular weight excluding hydrogens is 324 g/mol. The molecule has 140 valence electrons. The van der Waals surface area contributed by atoms with Gasteiger partial charge in [-0.1, -0.05) is 46.3 Å². The second-order valence-corrected chi connectivity index (χ2v) is 14.4. The average molecular weight is 361 g/mol. The van der Waals surface area contributed by atoms with Crippen LogP contribution in [0.5, 0.6) is 0 Å². The van der Waals surface area contributed by atoms with Gasteiger partial charge in [0.2, 0.25) is 0 Å². The van der Waals surface area contributed by atoms with Gasteiger partial charge < -0.3 is 4.74 Å². The van der Waals surface area contributed by atoms with Crippen LogP contribution < -0.4 is 0 Å². The zero-order valence-corrected chi connectivity index (χ0v) is 18.3. The minimum Gasteiger partial charge on any atom is -0.446 e. The first-order valence-electron chi connectivity index (χ1n) is 9.57. The van der Waals surface area contributed by atoms with E-state index in [1.54, 1.807) is 0 Å². The van der Waals surface area contributed by atoms with E-state index < -0.39 is 13.7 Å². The van der Waals surface area contributed by atoms with Gasteiger partial charge in [-0.05, 0) is 43.4 Å². The Morgan fingerprint density at radius 1 is 1.32 bits per heavy atom. The Morgan fingerprint density at radius 3 is 2.44 bits per heavy atom. The second kappa shape index (κ2) is 8.46. The molecule has 0 unspecified atom stereocenters. The van der Waals surface area contributed by atoms with E-state index in [9.17, 15) is 4.79 Å². The van der Waals surface area contributed by atoms with Gasteiger partial charge in [-0.15, -0.1) is 17.9 Å². The Kier molecular flexibility index (Phi) is 7.39. The van der Waals surface area contributed by atoms with Crippen LogP contribution in [-0.4, -0.2) is 19.6 Å². The molecule has 25 heavy (non-hydrogen) atoms. The van der Waals surface area contributed by atoms with Crippen LogP contribution in [0.2, 0.25) is 19.6 Å². The molecule has 1 aliphatic rings. The molecule has 1 fully saturated rings. The lowest BCUT2D eigenvalue weighted by molar-refractivity contribution is -0.162. The summed E-state index contributed by atoms with van der Waals surface area (Å²) in [6.07, 6.45) is 11.6. The fourth-order valence-electron chi connectivity index (χ4n) is 3.76. The SMILES string of the molecule is C#C[C@]1(OC(C)=O)CC[C@H](C(C)(C)C)C[C@@H]1CCCC#C[Si](C)(C)C. The largest absolute Gasteiger partial charge is 0.446 e. The number of terminal acetylenes is 1. The van der Waals surface area contributed by atoms with E-state index in [1.165, 1.54) is 6.92 Å². The standard InChI is InChI=1S/C22H36O2Si/c1-9-22(24-18(2)23)15-14-19(21(3,4)5)17-20(22)13-11-10-12-16-25(6,7)8/h1,19-20H,10-11,13-15,17H2,2-8H3/t19-,20-,22-/m0/s1. The van der Waals surface area contributed by atoms with E-state index in [0.717, 1.165) is 38.5 Å². The molecule has 0 radical (unpaired) electrons. The molecule has 1 saturated carbocycles. The lowest BCUT2D eigenvalue weighted by Crippen LogP contribution is -2.47. The van der Waals surface area contributed by atoms with Crippen molar-refractivity contribution in [3.05, 3.63) is 0 Å². The number of carbonyl (C=O) groups is 1. The summed E-state index contributed by atoms with van der Waals surface area (Å²) in [5.74, 6) is 6.78. The smallest absolute Gasteiger partial charge is 0.304 e. The molecule has 0 N–H and O–H groups in total. The average Bonchev–Trinajstić information content (AvgIpc) is 2.45. The molecule has 0 amide bonds. The normalized spacial score (nSPS) is 27.0. The van der Waals surface area contributed by atoms with Gasteiger partial charge in [0.25, 0.3) is 0 Å². The van der Waals surface area contributed by atoms with Gasteiger partial charge in [0.1, 0.15) is 8.07 Å². The van der Waals surface area contributed by atoms with Crippen molar-refractivity contribution in [3.63, 3.8) is 0 Å². The number of rotatable bonds is 4. The van der Waals surface area contributed by atoms with Crippen molar-refractivity contribution < 1.29 is 9.53 Å². The minimum absolute atomic E-state index is 0.230. The highest BCUT2D eigenvalue weighted by molar-refractivity contribution is 6.83. The fourth-order valence-corrected chi connectivity index (χ4v) is 4.41. The fraction of sp³-hybridized carbons (Fsp3) is 0.773. The van der Waals surface area contributed by atoms with E-state index >= 15 is 0 Å². The summed E-state index contributed by atoms with van der Waals surface area (Å²) in [6, 6.07) is 0. The van der Waals surface area contributed by atoms with Crippen LogP contribution >= 0.6 is 0 Å². The zero-order chi connectivity index (χ0) is 19.3. The summed E-state index contributed by atoms with van der Waals surface area (Å²) in [7, 11) is -1.30. The Labute approximate surface area is 156 Å². The number of esters is 1. The first kappa shape index (κ1) is 21.8. The predicted octanol–water partition coefficient (Wildman–Crippen LogP) is 5.44. The van der Waals surface area contributed by atoms with Gasteiger partial charge in [-0.3, -0.25) is 4.79 Å². The lowest BCUT2D eigenvalue weighted by Gasteiger charge is -2.46. The highest BCUT2D eigenvalue weighted by atomic mass is 28.3. The van der Waals surface area contributed by atoms with Gasteiger partial charge >= 0.3 is 5.97 Å². The van der Waals surface area contributed by atoms with E-state index in [0.29, 0.717) is 5.92 Å². The highest BCUT2D eigenvalue weighted by Crippen LogP contribution is 2.47. The molecular formula is C22H36O2Si. The van der Waals surface area contributed by atoms with Crippen LogP contribution in [0.15, 0.2) is 0 Å². The molecule has 0 aliphatic heterocycles. The quantitative estimate of drug-likeness (QED) is 0.289. The van der Waals surface area contributed by atoms with Crippen molar-refractivity contribution in [2.24, 2.45) is 17.3 Å². The molecule has 0 bridgehead atoms. The van der Waals surface area contributed by atoms with Gasteiger partial charge in [-0.25, -0.2) is 0 Å². The van der Waals surface area contributed by atoms with E-state index in [4.69, 9.17) is 11.2 Å². The number of hydrogen-bond acceptors (Lipinski definition) is 2. The van der Waals surface area contributed by atoms with Gasteiger partial charge in [0, 0.05) is 19.3 Å². The first-order chi connectivity index (χ1) is 11.4. The third-order valence-corrected chi connectivity index (χ3v) is 6.13. The molecule has 0 heterocycles. The third-order valence-electron chi connectivity index (χ3n) is 5.21. The Bertz CT molecular complexity index is 562. The Morgan fingerprint density at radius 2 is 1.96 bits per heavy atom. The number of carbonyl (C=O) groups excluding carboxylic acids is 1. The number of unbranched alkanes of at least 4 members (excludes halogenated alkanes) is 1. The van der Waals surface area contributed by atoms with Crippen molar-refractivity contribution >= 4 is 14.0 Å². The molecule has 3 heteroatoms.